The monoisotopic (exact) mass is 513 g/mol. The minimum atomic E-state index is -0.913. The smallest absolute Gasteiger partial charge is 0.317 e. The fraction of sp³-hybridized carbons (Fsp3) is 0. The number of nitrogens with one attached hydrogen (secondary N) is 2. The number of amides is 1. The maximum Gasteiger partial charge on any atom is 0.317 e. The van der Waals surface area contributed by atoms with E-state index < -0.39 is 23.2 Å². The van der Waals surface area contributed by atoms with Gasteiger partial charge in [-0.25, -0.2) is 0 Å². The highest BCUT2D eigenvalue weighted by molar-refractivity contribution is 6.31. The van der Waals surface area contributed by atoms with Crippen LogP contribution in [0, 0.1) is 0 Å². The van der Waals surface area contributed by atoms with Crippen LogP contribution >= 0.6 is 34.8 Å². The summed E-state index contributed by atoms with van der Waals surface area (Å²) in [5.41, 5.74) is 0.0373. The van der Waals surface area contributed by atoms with Gasteiger partial charge in [-0.1, -0.05) is 34.8 Å². The van der Waals surface area contributed by atoms with Crippen LogP contribution in [0.2, 0.25) is 15.1 Å². The summed E-state index contributed by atoms with van der Waals surface area (Å²) in [4.78, 5) is 42.8. The molecule has 0 atom stereocenters. The molecule has 4 aromatic rings. The Morgan fingerprint density at radius 2 is 1.24 bits per heavy atom. The lowest BCUT2D eigenvalue weighted by Gasteiger charge is -2.11. The summed E-state index contributed by atoms with van der Waals surface area (Å²) in [6.45, 7) is 0. The Bertz CT molecular complexity index is 1420. The molecule has 0 aliphatic carbocycles. The molecule has 170 valence electrons. The van der Waals surface area contributed by atoms with Crippen molar-refractivity contribution in [1.82, 2.24) is 14.8 Å². The quantitative estimate of drug-likeness (QED) is 0.375. The maximum atomic E-state index is 13.0. The minimum absolute atomic E-state index is 0.101. The first kappa shape index (κ1) is 23.4. The molecule has 0 saturated heterocycles. The number of nitrogens with zero attached hydrogens (tertiary/aromatic N) is 3. The molecule has 8 nitrogen and oxygen atoms in total. The highest BCUT2D eigenvalue weighted by Gasteiger charge is 2.20. The maximum absolute atomic E-state index is 13.0. The standard InChI is InChI=1S/C23H14Cl3N5O3/c24-15-5-1-13(2-6-15)20(32)28-19-22(34)31(21(33)14-3-7-16(25)8-4-14)30-23(29-19)27-18-11-9-17(26)10-12-18/h1-12H,(H2,27,28,29,30,32). The number of rotatable bonds is 5. The summed E-state index contributed by atoms with van der Waals surface area (Å²) >= 11 is 17.7. The van der Waals surface area contributed by atoms with Gasteiger partial charge in [0.2, 0.25) is 11.8 Å². The van der Waals surface area contributed by atoms with Crippen LogP contribution in [0.3, 0.4) is 0 Å². The molecule has 0 bridgehead atoms. The van der Waals surface area contributed by atoms with Crippen molar-refractivity contribution in [2.75, 3.05) is 10.6 Å². The second kappa shape index (κ2) is 10.0. The minimum Gasteiger partial charge on any atom is -0.323 e. The zero-order valence-electron chi connectivity index (χ0n) is 17.1. The Kier molecular flexibility index (Phi) is 6.93. The molecule has 11 heteroatoms. The van der Waals surface area contributed by atoms with Crippen LogP contribution in [0.4, 0.5) is 17.5 Å². The number of anilines is 3. The Morgan fingerprint density at radius 1 is 0.735 bits per heavy atom. The van der Waals surface area contributed by atoms with Gasteiger partial charge in [0.05, 0.1) is 0 Å². The van der Waals surface area contributed by atoms with E-state index in [2.05, 4.69) is 20.7 Å². The molecule has 3 aromatic carbocycles. The topological polar surface area (TPSA) is 106 Å². The fourth-order valence-electron chi connectivity index (χ4n) is 2.85. The molecule has 1 heterocycles. The van der Waals surface area contributed by atoms with E-state index in [4.69, 9.17) is 34.8 Å². The fourth-order valence-corrected chi connectivity index (χ4v) is 3.22. The molecule has 0 saturated carbocycles. The molecule has 34 heavy (non-hydrogen) atoms. The SMILES string of the molecule is O=C(Nc1nc(Nc2ccc(Cl)cc2)nn(C(=O)c2ccc(Cl)cc2)c1=O)c1ccc(Cl)cc1. The molecule has 0 unspecified atom stereocenters. The van der Waals surface area contributed by atoms with Gasteiger partial charge in [-0.15, -0.1) is 5.10 Å². The van der Waals surface area contributed by atoms with Gasteiger partial charge in [0, 0.05) is 31.9 Å². The molecule has 2 N–H and O–H groups in total. The van der Waals surface area contributed by atoms with Gasteiger partial charge in [0.15, 0.2) is 0 Å². The van der Waals surface area contributed by atoms with E-state index in [-0.39, 0.29) is 17.1 Å². The highest BCUT2D eigenvalue weighted by Crippen LogP contribution is 2.18. The lowest BCUT2D eigenvalue weighted by Crippen LogP contribution is -2.34. The van der Waals surface area contributed by atoms with Crippen LogP contribution < -0.4 is 16.2 Å². The third-order valence-corrected chi connectivity index (χ3v) is 5.29. The third-order valence-electron chi connectivity index (χ3n) is 4.53. The first-order valence-electron chi connectivity index (χ1n) is 9.71. The van der Waals surface area contributed by atoms with Crippen molar-refractivity contribution in [3.05, 3.63) is 109 Å². The van der Waals surface area contributed by atoms with E-state index in [1.165, 1.54) is 48.5 Å². The van der Waals surface area contributed by atoms with E-state index in [1.54, 1.807) is 24.3 Å². The van der Waals surface area contributed by atoms with Gasteiger partial charge in [-0.2, -0.15) is 9.67 Å². The lowest BCUT2D eigenvalue weighted by atomic mass is 10.2. The van der Waals surface area contributed by atoms with Crippen molar-refractivity contribution in [1.29, 1.82) is 0 Å². The van der Waals surface area contributed by atoms with Crippen LogP contribution in [-0.2, 0) is 0 Å². The summed E-state index contributed by atoms with van der Waals surface area (Å²) < 4.78 is 0.617. The van der Waals surface area contributed by atoms with Crippen molar-refractivity contribution in [2.24, 2.45) is 0 Å². The van der Waals surface area contributed by atoms with Gasteiger partial charge >= 0.3 is 5.56 Å². The van der Waals surface area contributed by atoms with E-state index in [0.29, 0.717) is 25.4 Å². The van der Waals surface area contributed by atoms with Crippen molar-refractivity contribution < 1.29 is 9.59 Å². The van der Waals surface area contributed by atoms with Gasteiger partial charge in [0.1, 0.15) is 0 Å². The van der Waals surface area contributed by atoms with Gasteiger partial charge in [-0.05, 0) is 72.8 Å². The normalized spacial score (nSPS) is 10.6. The summed E-state index contributed by atoms with van der Waals surface area (Å²) in [5.74, 6) is -1.84. The molecule has 0 aliphatic rings. The largest absolute Gasteiger partial charge is 0.323 e. The number of carbonyl (C=O) groups is 2. The van der Waals surface area contributed by atoms with E-state index >= 15 is 0 Å². The van der Waals surface area contributed by atoms with E-state index in [0.717, 1.165) is 0 Å². The first-order valence-corrected chi connectivity index (χ1v) is 10.8. The van der Waals surface area contributed by atoms with Gasteiger partial charge in [0.25, 0.3) is 11.8 Å². The molecule has 1 amide bonds. The summed E-state index contributed by atoms with van der Waals surface area (Å²) in [6, 6.07) is 18.6. The average Bonchev–Trinajstić information content (AvgIpc) is 2.83. The first-order chi connectivity index (χ1) is 16.3. The highest BCUT2D eigenvalue weighted by atomic mass is 35.5. The second-order valence-corrected chi connectivity index (χ2v) is 8.22. The average molecular weight is 515 g/mol. The van der Waals surface area contributed by atoms with Crippen LogP contribution in [0.5, 0.6) is 0 Å². The van der Waals surface area contributed by atoms with E-state index in [1.807, 2.05) is 0 Å². The van der Waals surface area contributed by atoms with Gasteiger partial charge in [-0.3, -0.25) is 14.4 Å². The van der Waals surface area contributed by atoms with Crippen LogP contribution in [0.25, 0.3) is 0 Å². The predicted octanol–water partition coefficient (Wildman–Crippen LogP) is 5.28. The molecular formula is C23H14Cl3N5O3. The predicted molar refractivity (Wildman–Crippen MR) is 132 cm³/mol. The molecular weight excluding hydrogens is 501 g/mol. The van der Waals surface area contributed by atoms with Gasteiger partial charge < -0.3 is 10.6 Å². The molecule has 0 spiro atoms. The molecule has 4 rings (SSSR count). The van der Waals surface area contributed by atoms with Crippen LogP contribution in [-0.4, -0.2) is 26.6 Å². The Labute approximate surface area is 208 Å². The zero-order valence-corrected chi connectivity index (χ0v) is 19.4. The lowest BCUT2D eigenvalue weighted by molar-refractivity contribution is 0.0937. The Balaban J connectivity index is 1.74. The third kappa shape index (κ3) is 5.43. The Morgan fingerprint density at radius 3 is 1.79 bits per heavy atom. The van der Waals surface area contributed by atoms with E-state index in [9.17, 15) is 14.4 Å². The summed E-state index contributed by atoms with van der Waals surface area (Å²) in [6.07, 6.45) is 0. The number of aromatic nitrogens is 3. The summed E-state index contributed by atoms with van der Waals surface area (Å²) in [5, 5.41) is 10.8. The molecule has 0 fully saturated rings. The van der Waals surface area contributed by atoms with Crippen molar-refractivity contribution in [2.45, 2.75) is 0 Å². The number of carbonyl (C=O) groups excluding carboxylic acids is 2. The number of benzene rings is 3. The zero-order chi connectivity index (χ0) is 24.2. The van der Waals surface area contributed by atoms with Crippen molar-refractivity contribution in [3.63, 3.8) is 0 Å². The summed E-state index contributed by atoms with van der Waals surface area (Å²) in [7, 11) is 0. The van der Waals surface area contributed by atoms with Crippen molar-refractivity contribution >= 4 is 64.1 Å². The van der Waals surface area contributed by atoms with Crippen LogP contribution in [0.15, 0.2) is 77.6 Å². The molecule has 0 radical (unpaired) electrons. The molecule has 1 aromatic heterocycles. The van der Waals surface area contributed by atoms with Crippen molar-refractivity contribution in [3.8, 4) is 0 Å². The molecule has 0 aliphatic heterocycles. The number of hydrogen-bond acceptors (Lipinski definition) is 6. The van der Waals surface area contributed by atoms with Crippen LogP contribution in [0.1, 0.15) is 20.7 Å². The number of halogens is 3. The Hall–Kier alpha value is -3.72. The number of hydrogen-bond donors (Lipinski definition) is 2. The second-order valence-electron chi connectivity index (χ2n) is 6.91.